The molecule has 0 spiro atoms. The van der Waals surface area contributed by atoms with Crippen LogP contribution >= 0.6 is 0 Å². The van der Waals surface area contributed by atoms with Crippen molar-refractivity contribution in [3.8, 4) is 5.75 Å². The number of anilines is 1. The van der Waals surface area contributed by atoms with E-state index in [9.17, 15) is 14.4 Å². The lowest BCUT2D eigenvalue weighted by atomic mass is 10.1. The molecule has 7 nitrogen and oxygen atoms in total. The third-order valence-corrected chi connectivity index (χ3v) is 4.49. The van der Waals surface area contributed by atoms with Crippen LogP contribution in [0.3, 0.4) is 0 Å². The predicted octanol–water partition coefficient (Wildman–Crippen LogP) is 3.36. The fourth-order valence-corrected chi connectivity index (χ4v) is 2.79. The molecule has 0 bridgehead atoms. The number of esters is 1. The van der Waals surface area contributed by atoms with Gasteiger partial charge in [0.15, 0.2) is 6.61 Å². The third kappa shape index (κ3) is 7.62. The normalized spacial score (nSPS) is 10.6. The highest BCUT2D eigenvalue weighted by atomic mass is 16.5. The van der Waals surface area contributed by atoms with Crippen molar-refractivity contribution in [1.82, 2.24) is 4.90 Å². The van der Waals surface area contributed by atoms with Crippen LogP contribution in [-0.2, 0) is 19.1 Å². The van der Waals surface area contributed by atoms with Gasteiger partial charge < -0.3 is 19.7 Å². The molecular formula is C24H28N2O5. The Bertz CT molecular complexity index is 931. The highest BCUT2D eigenvalue weighted by Gasteiger charge is 2.15. The van der Waals surface area contributed by atoms with E-state index in [1.54, 1.807) is 18.2 Å². The zero-order chi connectivity index (χ0) is 22.8. The van der Waals surface area contributed by atoms with Crippen LogP contribution < -0.4 is 10.1 Å². The van der Waals surface area contributed by atoms with Crippen LogP contribution in [0.25, 0.3) is 6.08 Å². The molecule has 0 aliphatic carbocycles. The maximum absolute atomic E-state index is 12.3. The maximum Gasteiger partial charge on any atom is 0.331 e. The van der Waals surface area contributed by atoms with Crippen LogP contribution in [0.1, 0.15) is 23.6 Å². The number of ether oxygens (including phenoxy) is 2. The van der Waals surface area contributed by atoms with Crippen molar-refractivity contribution in [3.63, 3.8) is 0 Å². The molecule has 164 valence electrons. The summed E-state index contributed by atoms with van der Waals surface area (Å²) >= 11 is 0. The molecule has 2 rings (SSSR count). The van der Waals surface area contributed by atoms with E-state index in [0.29, 0.717) is 6.61 Å². The van der Waals surface area contributed by atoms with Gasteiger partial charge in [0.1, 0.15) is 5.75 Å². The Labute approximate surface area is 182 Å². The molecule has 2 aromatic rings. The van der Waals surface area contributed by atoms with Gasteiger partial charge in [-0.3, -0.25) is 9.59 Å². The number of aryl methyl sites for hydroxylation is 2. The first-order valence-electron chi connectivity index (χ1n) is 9.98. The maximum atomic E-state index is 12.3. The van der Waals surface area contributed by atoms with Gasteiger partial charge in [-0.05, 0) is 55.7 Å². The molecule has 0 aromatic heterocycles. The molecule has 31 heavy (non-hydrogen) atoms. The molecule has 0 saturated heterocycles. The second kappa shape index (κ2) is 11.5. The molecule has 0 heterocycles. The minimum atomic E-state index is -0.643. The van der Waals surface area contributed by atoms with Crippen LogP contribution in [-0.4, -0.2) is 49.5 Å². The fraction of sp³-hybridized carbons (Fsp3) is 0.292. The van der Waals surface area contributed by atoms with Crippen molar-refractivity contribution in [2.75, 3.05) is 32.1 Å². The topological polar surface area (TPSA) is 84.9 Å². The van der Waals surface area contributed by atoms with E-state index in [1.165, 1.54) is 18.0 Å². The van der Waals surface area contributed by atoms with E-state index in [2.05, 4.69) is 5.32 Å². The fourth-order valence-electron chi connectivity index (χ4n) is 2.79. The zero-order valence-electron chi connectivity index (χ0n) is 18.3. The lowest BCUT2D eigenvalue weighted by Crippen LogP contribution is -2.37. The average Bonchev–Trinajstić information content (AvgIpc) is 2.74. The number of hydrogen-bond acceptors (Lipinski definition) is 5. The van der Waals surface area contributed by atoms with Crippen LogP contribution in [0.5, 0.6) is 5.75 Å². The molecule has 0 unspecified atom stereocenters. The number of nitrogens with one attached hydrogen (secondary N) is 1. The van der Waals surface area contributed by atoms with Crippen LogP contribution in [0, 0.1) is 13.8 Å². The largest absolute Gasteiger partial charge is 0.494 e. The van der Waals surface area contributed by atoms with Gasteiger partial charge >= 0.3 is 5.97 Å². The number of benzene rings is 2. The van der Waals surface area contributed by atoms with Crippen molar-refractivity contribution in [3.05, 3.63) is 65.2 Å². The van der Waals surface area contributed by atoms with Gasteiger partial charge in [0.25, 0.3) is 5.91 Å². The van der Waals surface area contributed by atoms with Gasteiger partial charge in [-0.1, -0.05) is 30.3 Å². The molecule has 2 amide bonds. The van der Waals surface area contributed by atoms with Gasteiger partial charge in [0.05, 0.1) is 13.2 Å². The zero-order valence-corrected chi connectivity index (χ0v) is 18.3. The molecule has 1 N–H and O–H groups in total. The van der Waals surface area contributed by atoms with Crippen molar-refractivity contribution in [1.29, 1.82) is 0 Å². The van der Waals surface area contributed by atoms with Crippen LogP contribution in [0.4, 0.5) is 5.69 Å². The molecular weight excluding hydrogens is 396 g/mol. The summed E-state index contributed by atoms with van der Waals surface area (Å²) in [4.78, 5) is 37.5. The van der Waals surface area contributed by atoms with Gasteiger partial charge in [0, 0.05) is 18.8 Å². The number of rotatable bonds is 9. The smallest absolute Gasteiger partial charge is 0.331 e. The first-order valence-corrected chi connectivity index (χ1v) is 9.98. The highest BCUT2D eigenvalue weighted by molar-refractivity contribution is 5.96. The lowest BCUT2D eigenvalue weighted by molar-refractivity contribution is -0.148. The minimum Gasteiger partial charge on any atom is -0.494 e. The number of carbonyl (C=O) groups excluding carboxylic acids is 3. The standard InChI is InChI=1S/C24H28N2O5/c1-5-30-20-12-9-19(10-13-20)11-14-23(29)31-16-22(28)26(4)15-21(27)25-24-17(2)7-6-8-18(24)3/h6-14H,5,15-16H2,1-4H3,(H,25,27)/b14-11+. The Kier molecular flexibility index (Phi) is 8.81. The van der Waals surface area contributed by atoms with E-state index in [1.807, 2.05) is 51.1 Å². The summed E-state index contributed by atoms with van der Waals surface area (Å²) in [5.41, 5.74) is 3.41. The summed E-state index contributed by atoms with van der Waals surface area (Å²) < 4.78 is 10.3. The van der Waals surface area contributed by atoms with E-state index < -0.39 is 18.5 Å². The predicted molar refractivity (Wildman–Crippen MR) is 120 cm³/mol. The minimum absolute atomic E-state index is 0.147. The quantitative estimate of drug-likeness (QED) is 0.493. The molecule has 0 fully saturated rings. The molecule has 0 atom stereocenters. The summed E-state index contributed by atoms with van der Waals surface area (Å²) in [5, 5.41) is 2.82. The second-order valence-electron chi connectivity index (χ2n) is 7.01. The van der Waals surface area contributed by atoms with Crippen LogP contribution in [0.2, 0.25) is 0 Å². The summed E-state index contributed by atoms with van der Waals surface area (Å²) in [6, 6.07) is 12.9. The number of likely N-dealkylation sites (N-methyl/N-ethyl adjacent to an activating group) is 1. The van der Waals surface area contributed by atoms with Crippen molar-refractivity contribution in [2.45, 2.75) is 20.8 Å². The van der Waals surface area contributed by atoms with Gasteiger partial charge in [0.2, 0.25) is 5.91 Å². The number of carbonyl (C=O) groups is 3. The van der Waals surface area contributed by atoms with E-state index in [-0.39, 0.29) is 12.5 Å². The summed E-state index contributed by atoms with van der Waals surface area (Å²) in [6.45, 7) is 5.69. The number of hydrogen-bond donors (Lipinski definition) is 1. The third-order valence-electron chi connectivity index (χ3n) is 4.49. The second-order valence-corrected chi connectivity index (χ2v) is 7.01. The van der Waals surface area contributed by atoms with E-state index in [4.69, 9.17) is 9.47 Å². The Balaban J connectivity index is 1.79. The van der Waals surface area contributed by atoms with E-state index >= 15 is 0 Å². The Hall–Kier alpha value is -3.61. The Morgan fingerprint density at radius 2 is 1.68 bits per heavy atom. The monoisotopic (exact) mass is 424 g/mol. The van der Waals surface area contributed by atoms with E-state index in [0.717, 1.165) is 28.1 Å². The molecule has 0 aliphatic rings. The summed E-state index contributed by atoms with van der Waals surface area (Å²) in [6.07, 6.45) is 2.83. The SMILES string of the molecule is CCOc1ccc(/C=C/C(=O)OCC(=O)N(C)CC(=O)Nc2c(C)cccc2C)cc1. The summed E-state index contributed by atoms with van der Waals surface area (Å²) in [7, 11) is 1.48. The Morgan fingerprint density at radius 1 is 1.03 bits per heavy atom. The first-order chi connectivity index (χ1) is 14.8. The molecule has 7 heteroatoms. The van der Waals surface area contributed by atoms with Crippen molar-refractivity contribution < 1.29 is 23.9 Å². The molecule has 0 radical (unpaired) electrons. The first kappa shape index (κ1) is 23.7. The Morgan fingerprint density at radius 3 is 2.29 bits per heavy atom. The number of amides is 2. The van der Waals surface area contributed by atoms with Crippen molar-refractivity contribution in [2.24, 2.45) is 0 Å². The lowest BCUT2D eigenvalue weighted by Gasteiger charge is -2.18. The van der Waals surface area contributed by atoms with Crippen molar-refractivity contribution >= 4 is 29.5 Å². The van der Waals surface area contributed by atoms with Gasteiger partial charge in [-0.25, -0.2) is 4.79 Å². The molecule has 0 aliphatic heterocycles. The van der Waals surface area contributed by atoms with Gasteiger partial charge in [-0.15, -0.1) is 0 Å². The van der Waals surface area contributed by atoms with Crippen LogP contribution in [0.15, 0.2) is 48.5 Å². The number of nitrogens with zero attached hydrogens (tertiary/aromatic N) is 1. The molecule has 0 saturated carbocycles. The highest BCUT2D eigenvalue weighted by Crippen LogP contribution is 2.19. The number of para-hydroxylation sites is 1. The average molecular weight is 424 g/mol. The van der Waals surface area contributed by atoms with Gasteiger partial charge in [-0.2, -0.15) is 0 Å². The molecule has 2 aromatic carbocycles. The summed E-state index contributed by atoms with van der Waals surface area (Å²) in [5.74, 6) is -0.692.